The van der Waals surface area contributed by atoms with Crippen LogP contribution < -0.4 is 9.80 Å². The van der Waals surface area contributed by atoms with Gasteiger partial charge in [0.15, 0.2) is 0 Å². The van der Waals surface area contributed by atoms with Gasteiger partial charge in [-0.05, 0) is 97.1 Å². The maximum absolute atomic E-state index is 9.77. The third kappa shape index (κ3) is 4.43. The van der Waals surface area contributed by atoms with Gasteiger partial charge in [-0.25, -0.2) is 0 Å². The van der Waals surface area contributed by atoms with Crippen LogP contribution in [0.5, 0.6) is 11.5 Å². The summed E-state index contributed by atoms with van der Waals surface area (Å²) < 4.78 is 0. The second-order valence-electron chi connectivity index (χ2n) is 7.89. The van der Waals surface area contributed by atoms with Crippen molar-refractivity contribution in [3.8, 4) is 11.5 Å². The molecule has 0 aromatic heterocycles. The normalized spacial score (nSPS) is 10.6. The first-order valence-corrected chi connectivity index (χ1v) is 11.1. The molecule has 0 heterocycles. The van der Waals surface area contributed by atoms with Crippen molar-refractivity contribution >= 4 is 34.1 Å². The van der Waals surface area contributed by atoms with Gasteiger partial charge >= 0.3 is 0 Å². The summed E-state index contributed by atoms with van der Waals surface area (Å²) in [7, 11) is 0. The summed E-state index contributed by atoms with van der Waals surface area (Å²) in [4.78, 5) is 4.30. The maximum atomic E-state index is 9.77. The average molecular weight is 445 g/mol. The SMILES string of the molecule is Oc1ccc(N(c2ccc(O)cc2)c2ccc(N(c3ccccc3)c3ccccc3)cc2)cc1. The van der Waals surface area contributed by atoms with Crippen molar-refractivity contribution < 1.29 is 10.2 Å². The van der Waals surface area contributed by atoms with Crippen LogP contribution >= 0.6 is 0 Å². The summed E-state index contributed by atoms with van der Waals surface area (Å²) in [6.45, 7) is 0. The van der Waals surface area contributed by atoms with Crippen LogP contribution in [0.4, 0.5) is 34.1 Å². The Morgan fingerprint density at radius 3 is 0.824 bits per heavy atom. The molecule has 166 valence electrons. The lowest BCUT2D eigenvalue weighted by atomic mass is 10.1. The van der Waals surface area contributed by atoms with E-state index in [1.54, 1.807) is 24.3 Å². The van der Waals surface area contributed by atoms with Gasteiger partial charge in [0, 0.05) is 34.1 Å². The highest BCUT2D eigenvalue weighted by Gasteiger charge is 2.15. The molecule has 0 aliphatic heterocycles. The molecule has 4 heteroatoms. The van der Waals surface area contributed by atoms with E-state index in [2.05, 4.69) is 58.3 Å². The molecule has 0 saturated heterocycles. The molecule has 0 atom stereocenters. The van der Waals surface area contributed by atoms with Gasteiger partial charge < -0.3 is 20.0 Å². The predicted octanol–water partition coefficient (Wildman–Crippen LogP) is 8.04. The molecule has 0 saturated carbocycles. The number of nitrogens with zero attached hydrogens (tertiary/aromatic N) is 2. The second-order valence-corrected chi connectivity index (χ2v) is 7.89. The summed E-state index contributed by atoms with van der Waals surface area (Å²) in [5.74, 6) is 0.428. The number of para-hydroxylation sites is 2. The van der Waals surface area contributed by atoms with Crippen molar-refractivity contribution in [3.05, 3.63) is 133 Å². The van der Waals surface area contributed by atoms with E-state index >= 15 is 0 Å². The van der Waals surface area contributed by atoms with Crippen molar-refractivity contribution in [3.63, 3.8) is 0 Å². The minimum atomic E-state index is 0.214. The summed E-state index contributed by atoms with van der Waals surface area (Å²) in [5.41, 5.74) is 5.96. The highest BCUT2D eigenvalue weighted by Crippen LogP contribution is 2.39. The van der Waals surface area contributed by atoms with Crippen molar-refractivity contribution in [2.45, 2.75) is 0 Å². The Labute approximate surface area is 199 Å². The molecular weight excluding hydrogens is 420 g/mol. The minimum Gasteiger partial charge on any atom is -0.508 e. The summed E-state index contributed by atoms with van der Waals surface area (Å²) in [6, 6.07) is 43.1. The molecule has 4 nitrogen and oxygen atoms in total. The number of hydrogen-bond acceptors (Lipinski definition) is 4. The lowest BCUT2D eigenvalue weighted by Gasteiger charge is -2.28. The molecule has 0 aliphatic rings. The van der Waals surface area contributed by atoms with Crippen LogP contribution in [0.2, 0.25) is 0 Å². The molecule has 0 bridgehead atoms. The smallest absolute Gasteiger partial charge is 0.115 e. The maximum Gasteiger partial charge on any atom is 0.115 e. The molecule has 34 heavy (non-hydrogen) atoms. The first kappa shape index (κ1) is 21.2. The van der Waals surface area contributed by atoms with E-state index in [4.69, 9.17) is 0 Å². The second kappa shape index (κ2) is 9.43. The van der Waals surface area contributed by atoms with Crippen molar-refractivity contribution in [1.29, 1.82) is 0 Å². The largest absolute Gasteiger partial charge is 0.508 e. The lowest BCUT2D eigenvalue weighted by molar-refractivity contribution is 0.475. The van der Waals surface area contributed by atoms with E-state index in [9.17, 15) is 10.2 Å². The highest BCUT2D eigenvalue weighted by molar-refractivity contribution is 5.81. The van der Waals surface area contributed by atoms with E-state index in [1.807, 2.05) is 60.7 Å². The first-order valence-electron chi connectivity index (χ1n) is 11.1. The molecule has 5 rings (SSSR count). The van der Waals surface area contributed by atoms with Gasteiger partial charge in [0.1, 0.15) is 11.5 Å². The van der Waals surface area contributed by atoms with Gasteiger partial charge in [0.2, 0.25) is 0 Å². The van der Waals surface area contributed by atoms with Crippen LogP contribution in [0.15, 0.2) is 133 Å². The molecule has 0 radical (unpaired) electrons. The van der Waals surface area contributed by atoms with Gasteiger partial charge in [-0.2, -0.15) is 0 Å². The standard InChI is InChI=1S/C30H24N2O2/c33-29-19-15-27(16-20-29)32(28-17-21-30(34)22-18-28)26-13-11-25(12-14-26)31(23-7-3-1-4-8-23)24-9-5-2-6-10-24/h1-22,33-34H. The first-order chi connectivity index (χ1) is 16.7. The number of benzene rings is 5. The molecule has 5 aromatic rings. The third-order valence-electron chi connectivity index (χ3n) is 5.61. The molecule has 0 aliphatic carbocycles. The highest BCUT2D eigenvalue weighted by atomic mass is 16.3. The quantitative estimate of drug-likeness (QED) is 0.278. The van der Waals surface area contributed by atoms with Crippen LogP contribution in [-0.4, -0.2) is 10.2 Å². The molecule has 5 aromatic carbocycles. The van der Waals surface area contributed by atoms with Crippen LogP contribution in [0, 0.1) is 0 Å². The fourth-order valence-corrected chi connectivity index (χ4v) is 4.00. The predicted molar refractivity (Wildman–Crippen MR) is 139 cm³/mol. The fraction of sp³-hybridized carbons (Fsp3) is 0. The Kier molecular flexibility index (Phi) is 5.87. The van der Waals surface area contributed by atoms with Gasteiger partial charge in [-0.1, -0.05) is 36.4 Å². The zero-order valence-corrected chi connectivity index (χ0v) is 18.5. The van der Waals surface area contributed by atoms with Crippen LogP contribution in [0.3, 0.4) is 0 Å². The van der Waals surface area contributed by atoms with Crippen LogP contribution in [-0.2, 0) is 0 Å². The monoisotopic (exact) mass is 444 g/mol. The fourth-order valence-electron chi connectivity index (χ4n) is 4.00. The number of hydrogen-bond donors (Lipinski definition) is 2. The number of aromatic hydroxyl groups is 2. The topological polar surface area (TPSA) is 46.9 Å². The Morgan fingerprint density at radius 2 is 0.529 bits per heavy atom. The Hall–Kier alpha value is -4.70. The van der Waals surface area contributed by atoms with Gasteiger partial charge in [0.25, 0.3) is 0 Å². The lowest BCUT2D eigenvalue weighted by Crippen LogP contribution is -2.12. The summed E-state index contributed by atoms with van der Waals surface area (Å²) in [6.07, 6.45) is 0. The Bertz CT molecular complexity index is 1250. The van der Waals surface area contributed by atoms with Crippen molar-refractivity contribution in [2.75, 3.05) is 9.80 Å². The van der Waals surface area contributed by atoms with E-state index in [-0.39, 0.29) is 11.5 Å². The molecule has 2 N–H and O–H groups in total. The number of phenolic OH excluding ortho intramolecular Hbond substituents is 2. The number of phenols is 2. The molecule has 0 amide bonds. The molecule has 0 fully saturated rings. The van der Waals surface area contributed by atoms with Crippen LogP contribution in [0.1, 0.15) is 0 Å². The summed E-state index contributed by atoms with van der Waals surface area (Å²) in [5, 5.41) is 19.5. The average Bonchev–Trinajstić information content (AvgIpc) is 2.89. The van der Waals surface area contributed by atoms with E-state index in [1.165, 1.54) is 0 Å². The molecule has 0 spiro atoms. The number of anilines is 6. The van der Waals surface area contributed by atoms with Crippen molar-refractivity contribution in [2.24, 2.45) is 0 Å². The van der Waals surface area contributed by atoms with Crippen LogP contribution in [0.25, 0.3) is 0 Å². The third-order valence-corrected chi connectivity index (χ3v) is 5.61. The van der Waals surface area contributed by atoms with E-state index in [0.717, 1.165) is 34.1 Å². The zero-order chi connectivity index (χ0) is 23.3. The van der Waals surface area contributed by atoms with Gasteiger partial charge in [0.05, 0.1) is 0 Å². The summed E-state index contributed by atoms with van der Waals surface area (Å²) >= 11 is 0. The number of rotatable bonds is 6. The molecule has 0 unspecified atom stereocenters. The van der Waals surface area contributed by atoms with Gasteiger partial charge in [-0.15, -0.1) is 0 Å². The Balaban J connectivity index is 1.57. The zero-order valence-electron chi connectivity index (χ0n) is 18.5. The Morgan fingerprint density at radius 1 is 0.294 bits per heavy atom. The van der Waals surface area contributed by atoms with E-state index < -0.39 is 0 Å². The minimum absolute atomic E-state index is 0.214. The van der Waals surface area contributed by atoms with E-state index in [0.29, 0.717) is 0 Å². The van der Waals surface area contributed by atoms with Gasteiger partial charge in [-0.3, -0.25) is 0 Å². The van der Waals surface area contributed by atoms with Crippen molar-refractivity contribution in [1.82, 2.24) is 0 Å². The molecular formula is C30H24N2O2.